The summed E-state index contributed by atoms with van der Waals surface area (Å²) in [6.45, 7) is 3.37. The van der Waals surface area contributed by atoms with Crippen molar-refractivity contribution in [1.82, 2.24) is 23.6 Å². The van der Waals surface area contributed by atoms with Crippen molar-refractivity contribution in [3.8, 4) is 10.7 Å². The number of amides is 1. The Kier molecular flexibility index (Phi) is 5.47. The molecule has 6 rings (SSSR count). The largest absolute Gasteiger partial charge is 0.446 e. The number of carbonyl (C=O) groups is 1. The second kappa shape index (κ2) is 8.46. The first-order valence-corrected chi connectivity index (χ1v) is 12.9. The van der Waals surface area contributed by atoms with Gasteiger partial charge in [0.05, 0.1) is 34.9 Å². The monoisotopic (exact) mass is 529 g/mol. The molecule has 4 aromatic rings. The predicted octanol–water partition coefficient (Wildman–Crippen LogP) is 2.83. The van der Waals surface area contributed by atoms with Crippen LogP contribution in [0.1, 0.15) is 36.1 Å². The quantitative estimate of drug-likeness (QED) is 0.402. The fourth-order valence-electron chi connectivity index (χ4n) is 5.30. The molecular formula is C24H24ClN5O5S. The second-order valence-corrected chi connectivity index (χ2v) is 10.5. The van der Waals surface area contributed by atoms with Gasteiger partial charge in [0.15, 0.2) is 11.3 Å². The normalized spacial score (nSPS) is 20.0. The van der Waals surface area contributed by atoms with E-state index in [2.05, 4.69) is 4.98 Å². The third-order valence-corrected chi connectivity index (χ3v) is 8.11. The Morgan fingerprint density at radius 2 is 2.00 bits per heavy atom. The smallest absolute Gasteiger partial charge is 0.331 e. The van der Waals surface area contributed by atoms with Crippen molar-refractivity contribution in [3.63, 3.8) is 0 Å². The van der Waals surface area contributed by atoms with Gasteiger partial charge in [-0.15, -0.1) is 11.3 Å². The summed E-state index contributed by atoms with van der Waals surface area (Å²) in [5.41, 5.74) is 1.72. The minimum absolute atomic E-state index is 0.103. The molecule has 0 unspecified atom stereocenters. The maximum Gasteiger partial charge on any atom is 0.331 e. The number of aryl methyl sites for hydroxylation is 2. The zero-order chi connectivity index (χ0) is 25.3. The second-order valence-electron chi connectivity index (χ2n) is 9.29. The standard InChI is InChI=1S/C24H24ClN5O5S/c1-12-11-36-22(26-12)19-17-18(27(2)24(33)28(3)23(17)32)20-21(14-6-7-15(25)35-14)34-13(10-30(19)20)9-29-8-4-5-16(29)31/h6-7,11,13,21H,4-5,8-10H2,1-3H3/t13-,21+/m1/s1. The minimum Gasteiger partial charge on any atom is -0.446 e. The first-order valence-electron chi connectivity index (χ1n) is 11.7. The van der Waals surface area contributed by atoms with Crippen molar-refractivity contribution in [2.24, 2.45) is 14.1 Å². The van der Waals surface area contributed by atoms with Crippen molar-refractivity contribution < 1.29 is 13.9 Å². The van der Waals surface area contributed by atoms with E-state index in [9.17, 15) is 14.4 Å². The van der Waals surface area contributed by atoms with Crippen LogP contribution in [0.4, 0.5) is 0 Å². The Morgan fingerprint density at radius 3 is 2.64 bits per heavy atom. The van der Waals surface area contributed by atoms with E-state index >= 15 is 0 Å². The fourth-order valence-corrected chi connectivity index (χ4v) is 6.31. The van der Waals surface area contributed by atoms with Gasteiger partial charge in [0.2, 0.25) is 5.91 Å². The van der Waals surface area contributed by atoms with Crippen molar-refractivity contribution in [2.45, 2.75) is 38.5 Å². The van der Waals surface area contributed by atoms with Gasteiger partial charge in [0.25, 0.3) is 5.56 Å². The molecule has 0 saturated carbocycles. The summed E-state index contributed by atoms with van der Waals surface area (Å²) in [6, 6.07) is 3.36. The number of carbonyl (C=O) groups excluding carboxylic acids is 1. The Hall–Kier alpha value is -3.15. The summed E-state index contributed by atoms with van der Waals surface area (Å²) >= 11 is 7.56. The van der Waals surface area contributed by atoms with E-state index in [4.69, 9.17) is 20.8 Å². The molecule has 188 valence electrons. The predicted molar refractivity (Wildman–Crippen MR) is 135 cm³/mol. The highest BCUT2D eigenvalue weighted by atomic mass is 35.5. The number of rotatable bonds is 4. The highest BCUT2D eigenvalue weighted by Gasteiger charge is 2.39. The van der Waals surface area contributed by atoms with Crippen molar-refractivity contribution >= 4 is 39.7 Å². The van der Waals surface area contributed by atoms with Gasteiger partial charge in [-0.2, -0.15) is 0 Å². The summed E-state index contributed by atoms with van der Waals surface area (Å²) in [4.78, 5) is 45.4. The molecule has 0 bridgehead atoms. The average molecular weight is 530 g/mol. The van der Waals surface area contributed by atoms with E-state index in [0.717, 1.165) is 16.7 Å². The molecule has 1 fully saturated rings. The van der Waals surface area contributed by atoms with Gasteiger partial charge in [-0.3, -0.25) is 18.7 Å². The van der Waals surface area contributed by atoms with Crippen LogP contribution in [0.15, 0.2) is 31.5 Å². The summed E-state index contributed by atoms with van der Waals surface area (Å²) in [5, 5.41) is 3.20. The first kappa shape index (κ1) is 23.3. The molecule has 10 nitrogen and oxygen atoms in total. The van der Waals surface area contributed by atoms with Crippen LogP contribution in [0.3, 0.4) is 0 Å². The van der Waals surface area contributed by atoms with Crippen molar-refractivity contribution in [2.75, 3.05) is 13.1 Å². The minimum atomic E-state index is -0.746. The molecule has 1 saturated heterocycles. The molecule has 0 aliphatic carbocycles. The van der Waals surface area contributed by atoms with Gasteiger partial charge >= 0.3 is 5.69 Å². The van der Waals surface area contributed by atoms with Crippen molar-refractivity contribution in [3.05, 3.63) is 60.7 Å². The molecule has 36 heavy (non-hydrogen) atoms. The van der Waals surface area contributed by atoms with Crippen LogP contribution in [-0.4, -0.2) is 48.7 Å². The van der Waals surface area contributed by atoms with Gasteiger partial charge < -0.3 is 18.6 Å². The average Bonchev–Trinajstić information content (AvgIpc) is 3.63. The summed E-state index contributed by atoms with van der Waals surface area (Å²) in [7, 11) is 3.11. The molecule has 6 heterocycles. The molecule has 2 aliphatic heterocycles. The Labute approximate surface area is 214 Å². The molecule has 2 aliphatic rings. The topological polar surface area (TPSA) is 105 Å². The van der Waals surface area contributed by atoms with E-state index < -0.39 is 17.4 Å². The number of nitrogens with zero attached hydrogens (tertiary/aromatic N) is 5. The molecular weight excluding hydrogens is 506 g/mol. The van der Waals surface area contributed by atoms with E-state index in [1.165, 1.54) is 23.0 Å². The molecule has 0 spiro atoms. The number of hydrogen-bond acceptors (Lipinski definition) is 7. The number of ether oxygens (including phenoxy) is 1. The van der Waals surface area contributed by atoms with E-state index in [1.807, 2.05) is 21.8 Å². The van der Waals surface area contributed by atoms with Gasteiger partial charge in [-0.1, -0.05) is 0 Å². The first-order chi connectivity index (χ1) is 17.2. The van der Waals surface area contributed by atoms with Crippen LogP contribution in [-0.2, 0) is 30.2 Å². The maximum atomic E-state index is 13.5. The van der Waals surface area contributed by atoms with Crippen molar-refractivity contribution in [1.29, 1.82) is 0 Å². The molecule has 1 amide bonds. The van der Waals surface area contributed by atoms with E-state index in [1.54, 1.807) is 19.2 Å². The van der Waals surface area contributed by atoms with Gasteiger partial charge in [0, 0.05) is 44.7 Å². The number of aromatic nitrogens is 4. The Balaban J connectivity index is 1.65. The Morgan fingerprint density at radius 1 is 1.19 bits per heavy atom. The summed E-state index contributed by atoms with van der Waals surface area (Å²) in [6.07, 6.45) is 0.230. The maximum absolute atomic E-state index is 13.5. The summed E-state index contributed by atoms with van der Waals surface area (Å²) in [5.74, 6) is 0.555. The zero-order valence-corrected chi connectivity index (χ0v) is 21.6. The summed E-state index contributed by atoms with van der Waals surface area (Å²) < 4.78 is 16.9. The van der Waals surface area contributed by atoms with E-state index in [0.29, 0.717) is 59.1 Å². The van der Waals surface area contributed by atoms with Gasteiger partial charge in [0.1, 0.15) is 10.8 Å². The van der Waals surface area contributed by atoms with E-state index in [-0.39, 0.29) is 17.2 Å². The zero-order valence-electron chi connectivity index (χ0n) is 20.0. The lowest BCUT2D eigenvalue weighted by molar-refractivity contribution is -0.131. The number of halogens is 1. The number of furan rings is 1. The molecule has 2 atom stereocenters. The number of hydrogen-bond donors (Lipinski definition) is 0. The van der Waals surface area contributed by atoms with Crippen LogP contribution in [0.2, 0.25) is 5.22 Å². The number of likely N-dealkylation sites (tertiary alicyclic amines) is 1. The van der Waals surface area contributed by atoms with Gasteiger partial charge in [-0.25, -0.2) is 9.78 Å². The number of thiazole rings is 1. The molecule has 0 radical (unpaired) electrons. The van der Waals surface area contributed by atoms with Crippen LogP contribution in [0.5, 0.6) is 0 Å². The third kappa shape index (κ3) is 3.48. The molecule has 12 heteroatoms. The SMILES string of the molecule is Cc1csc(-c2c3c(=O)n(C)c(=O)n(C)c3c3n2C[C@@H](CN2CCCC2=O)O[C@H]3c2ccc(Cl)o2)n1. The number of fused-ring (bicyclic) bond motifs is 3. The lowest BCUT2D eigenvalue weighted by Crippen LogP contribution is -2.41. The highest BCUT2D eigenvalue weighted by molar-refractivity contribution is 7.13. The molecule has 0 aromatic carbocycles. The lowest BCUT2D eigenvalue weighted by atomic mass is 10.1. The van der Waals surface area contributed by atoms with Gasteiger partial charge in [-0.05, 0) is 37.1 Å². The van der Waals surface area contributed by atoms with Crippen LogP contribution >= 0.6 is 22.9 Å². The van der Waals surface area contributed by atoms with Crippen LogP contribution in [0, 0.1) is 6.92 Å². The van der Waals surface area contributed by atoms with Crippen LogP contribution < -0.4 is 11.2 Å². The van der Waals surface area contributed by atoms with Crippen LogP contribution in [0.25, 0.3) is 21.6 Å². The molecule has 4 aromatic heterocycles. The molecule has 0 N–H and O–H groups in total. The third-order valence-electron chi connectivity index (χ3n) is 6.94. The highest BCUT2D eigenvalue weighted by Crippen LogP contribution is 2.43. The Bertz CT molecular complexity index is 1640. The lowest BCUT2D eigenvalue weighted by Gasteiger charge is -2.34. The fraction of sp³-hybridized carbons (Fsp3) is 0.417.